The van der Waals surface area contributed by atoms with E-state index in [1.165, 1.54) is 7.05 Å². The van der Waals surface area contributed by atoms with Crippen LogP contribution in [0.25, 0.3) is 10.9 Å². The SMILES string of the molecule is CN=C(NCCC(F)(F)F)NCc1ccnc2ccccc12. The van der Waals surface area contributed by atoms with Gasteiger partial charge in [0.15, 0.2) is 5.96 Å². The zero-order valence-electron chi connectivity index (χ0n) is 12.1. The van der Waals surface area contributed by atoms with Gasteiger partial charge in [0.25, 0.3) is 0 Å². The maximum absolute atomic E-state index is 12.1. The van der Waals surface area contributed by atoms with Crippen LogP contribution >= 0.6 is 0 Å². The van der Waals surface area contributed by atoms with Crippen LogP contribution in [-0.2, 0) is 6.54 Å². The predicted octanol–water partition coefficient (Wildman–Crippen LogP) is 2.85. The molecule has 0 aliphatic heterocycles. The van der Waals surface area contributed by atoms with Crippen LogP contribution in [0.1, 0.15) is 12.0 Å². The number of alkyl halides is 3. The minimum atomic E-state index is -4.17. The smallest absolute Gasteiger partial charge is 0.356 e. The molecule has 118 valence electrons. The largest absolute Gasteiger partial charge is 0.390 e. The average Bonchev–Trinajstić information content (AvgIpc) is 2.49. The van der Waals surface area contributed by atoms with Crippen LogP contribution in [0.15, 0.2) is 41.5 Å². The quantitative estimate of drug-likeness (QED) is 0.674. The van der Waals surface area contributed by atoms with Crippen molar-refractivity contribution in [2.24, 2.45) is 4.99 Å². The molecule has 2 aromatic rings. The molecule has 0 radical (unpaired) electrons. The van der Waals surface area contributed by atoms with Gasteiger partial charge in [-0.05, 0) is 17.7 Å². The van der Waals surface area contributed by atoms with Crippen molar-refractivity contribution in [2.45, 2.75) is 19.1 Å². The average molecular weight is 310 g/mol. The van der Waals surface area contributed by atoms with Gasteiger partial charge < -0.3 is 10.6 Å². The summed E-state index contributed by atoms with van der Waals surface area (Å²) in [4.78, 5) is 8.18. The summed E-state index contributed by atoms with van der Waals surface area (Å²) in [5.74, 6) is 0.338. The Morgan fingerprint density at radius 3 is 2.68 bits per heavy atom. The molecule has 7 heteroatoms. The van der Waals surface area contributed by atoms with Crippen LogP contribution < -0.4 is 10.6 Å². The fourth-order valence-corrected chi connectivity index (χ4v) is 2.03. The Hall–Kier alpha value is -2.31. The number of rotatable bonds is 4. The number of guanidine groups is 1. The van der Waals surface area contributed by atoms with E-state index < -0.39 is 12.6 Å². The van der Waals surface area contributed by atoms with E-state index in [-0.39, 0.29) is 6.54 Å². The van der Waals surface area contributed by atoms with E-state index in [1.807, 2.05) is 30.3 Å². The molecule has 0 atom stereocenters. The molecule has 2 N–H and O–H groups in total. The molecule has 2 rings (SSSR count). The summed E-state index contributed by atoms with van der Waals surface area (Å²) in [6.07, 6.45) is -3.36. The van der Waals surface area contributed by atoms with Gasteiger partial charge in [-0.3, -0.25) is 9.98 Å². The van der Waals surface area contributed by atoms with Gasteiger partial charge in [-0.1, -0.05) is 18.2 Å². The van der Waals surface area contributed by atoms with Crippen molar-refractivity contribution in [3.05, 3.63) is 42.1 Å². The molecule has 1 aromatic heterocycles. The third-order valence-corrected chi connectivity index (χ3v) is 3.11. The second-order valence-corrected chi connectivity index (χ2v) is 4.70. The zero-order chi connectivity index (χ0) is 16.0. The summed E-state index contributed by atoms with van der Waals surface area (Å²) >= 11 is 0. The molecular weight excluding hydrogens is 293 g/mol. The highest BCUT2D eigenvalue weighted by Crippen LogP contribution is 2.18. The van der Waals surface area contributed by atoms with E-state index in [4.69, 9.17) is 0 Å². The maximum Gasteiger partial charge on any atom is 0.390 e. The van der Waals surface area contributed by atoms with Gasteiger partial charge in [-0.25, -0.2) is 0 Å². The van der Waals surface area contributed by atoms with Crippen LogP contribution in [0, 0.1) is 0 Å². The molecular formula is C15H17F3N4. The second-order valence-electron chi connectivity index (χ2n) is 4.70. The number of para-hydroxylation sites is 1. The first-order valence-corrected chi connectivity index (χ1v) is 6.83. The number of halogens is 3. The lowest BCUT2D eigenvalue weighted by Crippen LogP contribution is -2.38. The first-order valence-electron chi connectivity index (χ1n) is 6.83. The van der Waals surface area contributed by atoms with Crippen molar-refractivity contribution in [1.29, 1.82) is 0 Å². The molecule has 0 aliphatic rings. The highest BCUT2D eigenvalue weighted by atomic mass is 19.4. The summed E-state index contributed by atoms with van der Waals surface area (Å²) < 4.78 is 36.4. The number of aliphatic imine (C=N–C) groups is 1. The molecule has 1 heterocycles. The molecule has 0 bridgehead atoms. The molecule has 4 nitrogen and oxygen atoms in total. The zero-order valence-corrected chi connectivity index (χ0v) is 12.1. The Bertz CT molecular complexity index is 647. The van der Waals surface area contributed by atoms with Gasteiger partial charge in [-0.2, -0.15) is 13.2 Å². The van der Waals surface area contributed by atoms with Crippen molar-refractivity contribution < 1.29 is 13.2 Å². The van der Waals surface area contributed by atoms with E-state index in [2.05, 4.69) is 20.6 Å². The van der Waals surface area contributed by atoms with Gasteiger partial charge in [0.05, 0.1) is 11.9 Å². The second kappa shape index (κ2) is 7.11. The summed E-state index contributed by atoms with van der Waals surface area (Å²) in [6, 6.07) is 9.57. The number of hydrogen-bond donors (Lipinski definition) is 2. The highest BCUT2D eigenvalue weighted by molar-refractivity contribution is 5.83. The summed E-state index contributed by atoms with van der Waals surface area (Å²) in [6.45, 7) is 0.245. The van der Waals surface area contributed by atoms with E-state index in [1.54, 1.807) is 6.20 Å². The van der Waals surface area contributed by atoms with Crippen molar-refractivity contribution in [2.75, 3.05) is 13.6 Å². The van der Waals surface area contributed by atoms with Gasteiger partial charge >= 0.3 is 6.18 Å². The van der Waals surface area contributed by atoms with Crippen molar-refractivity contribution in [3.63, 3.8) is 0 Å². The normalized spacial score (nSPS) is 12.5. The third kappa shape index (κ3) is 4.61. The molecule has 22 heavy (non-hydrogen) atoms. The minimum Gasteiger partial charge on any atom is -0.356 e. The monoisotopic (exact) mass is 310 g/mol. The Balaban J connectivity index is 1.95. The summed E-state index contributed by atoms with van der Waals surface area (Å²) in [7, 11) is 1.52. The van der Waals surface area contributed by atoms with E-state index in [0.29, 0.717) is 12.5 Å². The van der Waals surface area contributed by atoms with Crippen molar-refractivity contribution in [1.82, 2.24) is 15.6 Å². The molecule has 1 aromatic carbocycles. The Morgan fingerprint density at radius 2 is 1.95 bits per heavy atom. The number of pyridine rings is 1. The maximum atomic E-state index is 12.1. The first-order chi connectivity index (χ1) is 10.5. The number of nitrogens with zero attached hydrogens (tertiary/aromatic N) is 2. The number of hydrogen-bond acceptors (Lipinski definition) is 2. The van der Waals surface area contributed by atoms with Crippen molar-refractivity contribution in [3.8, 4) is 0 Å². The Morgan fingerprint density at radius 1 is 1.18 bits per heavy atom. The van der Waals surface area contributed by atoms with E-state index in [0.717, 1.165) is 16.5 Å². The van der Waals surface area contributed by atoms with E-state index >= 15 is 0 Å². The van der Waals surface area contributed by atoms with Crippen LogP contribution in [0.5, 0.6) is 0 Å². The number of benzene rings is 1. The summed E-state index contributed by atoms with van der Waals surface area (Å²) in [5.41, 5.74) is 1.88. The van der Waals surface area contributed by atoms with Crippen LogP contribution in [0.2, 0.25) is 0 Å². The lowest BCUT2D eigenvalue weighted by molar-refractivity contribution is -0.132. The molecule has 0 unspecified atom stereocenters. The fraction of sp³-hybridized carbons (Fsp3) is 0.333. The van der Waals surface area contributed by atoms with Gasteiger partial charge in [0.2, 0.25) is 0 Å². The third-order valence-electron chi connectivity index (χ3n) is 3.11. The van der Waals surface area contributed by atoms with Crippen LogP contribution in [0.4, 0.5) is 13.2 Å². The van der Waals surface area contributed by atoms with Crippen LogP contribution in [-0.4, -0.2) is 30.7 Å². The molecule has 0 aliphatic carbocycles. The predicted molar refractivity (Wildman–Crippen MR) is 80.6 cm³/mol. The van der Waals surface area contributed by atoms with Gasteiger partial charge in [-0.15, -0.1) is 0 Å². The number of fused-ring (bicyclic) bond motifs is 1. The highest BCUT2D eigenvalue weighted by Gasteiger charge is 2.26. The molecule has 0 saturated carbocycles. The van der Waals surface area contributed by atoms with Gasteiger partial charge in [0, 0.05) is 31.7 Å². The number of nitrogens with one attached hydrogen (secondary N) is 2. The van der Waals surface area contributed by atoms with Crippen molar-refractivity contribution >= 4 is 16.9 Å². The molecule has 0 saturated heterocycles. The summed E-state index contributed by atoms with van der Waals surface area (Å²) in [5, 5.41) is 6.66. The molecule has 0 fully saturated rings. The molecule has 0 spiro atoms. The first kappa shape index (κ1) is 16.1. The van der Waals surface area contributed by atoms with Gasteiger partial charge in [0.1, 0.15) is 0 Å². The standard InChI is InChI=1S/C15H17F3N4/c1-19-14(21-9-7-15(16,17)18)22-10-11-6-8-20-13-5-3-2-4-12(11)13/h2-6,8H,7,9-10H2,1H3,(H2,19,21,22). The fourth-order valence-electron chi connectivity index (χ4n) is 2.03. The topological polar surface area (TPSA) is 49.3 Å². The van der Waals surface area contributed by atoms with Crippen LogP contribution in [0.3, 0.4) is 0 Å². The molecule has 0 amide bonds. The Labute approximate surface area is 126 Å². The van der Waals surface area contributed by atoms with E-state index in [9.17, 15) is 13.2 Å². The lowest BCUT2D eigenvalue weighted by Gasteiger charge is -2.13. The number of aromatic nitrogens is 1. The Kier molecular flexibility index (Phi) is 5.19. The lowest BCUT2D eigenvalue weighted by atomic mass is 10.1. The minimum absolute atomic E-state index is 0.208.